The number of benzene rings is 2. The van der Waals surface area contributed by atoms with E-state index in [1.807, 2.05) is 52.0 Å². The summed E-state index contributed by atoms with van der Waals surface area (Å²) in [7, 11) is -4.66. The molecule has 0 aliphatic carbocycles. The fraction of sp³-hybridized carbons (Fsp3) is 0.294. The fourth-order valence-electron chi connectivity index (χ4n) is 1.81. The van der Waals surface area contributed by atoms with Crippen LogP contribution < -0.4 is 4.72 Å². The van der Waals surface area contributed by atoms with Crippen molar-refractivity contribution in [2.45, 2.75) is 43.0 Å². The van der Waals surface area contributed by atoms with Gasteiger partial charge in [-0.2, -0.15) is 8.42 Å². The van der Waals surface area contributed by atoms with Gasteiger partial charge in [-0.05, 0) is 52.0 Å². The first-order chi connectivity index (χ1) is 10.7. The molecule has 0 aliphatic rings. The van der Waals surface area contributed by atoms with Crippen LogP contribution in [0.2, 0.25) is 0 Å². The van der Waals surface area contributed by atoms with Crippen molar-refractivity contribution >= 4 is 20.9 Å². The van der Waals surface area contributed by atoms with Crippen molar-refractivity contribution < 1.29 is 8.42 Å². The third kappa shape index (κ3) is 5.27. The van der Waals surface area contributed by atoms with Crippen LogP contribution in [0.3, 0.4) is 0 Å². The van der Waals surface area contributed by atoms with Gasteiger partial charge < -0.3 is 0 Å². The Bertz CT molecular complexity index is 791. The molecule has 0 aliphatic heterocycles. The predicted molar refractivity (Wildman–Crippen MR) is 95.8 cm³/mol. The van der Waals surface area contributed by atoms with E-state index in [9.17, 15) is 8.42 Å². The Hall–Kier alpha value is -1.50. The van der Waals surface area contributed by atoms with E-state index in [0.717, 1.165) is 10.5 Å². The van der Waals surface area contributed by atoms with E-state index in [1.54, 1.807) is 30.3 Å². The van der Waals surface area contributed by atoms with Crippen molar-refractivity contribution in [1.82, 2.24) is 4.72 Å². The van der Waals surface area contributed by atoms with E-state index in [0.29, 0.717) is 0 Å². The highest BCUT2D eigenvalue weighted by molar-refractivity contribution is 7.99. The maximum absolute atomic E-state index is 12.6. The van der Waals surface area contributed by atoms with E-state index in [2.05, 4.69) is 8.49 Å². The summed E-state index contributed by atoms with van der Waals surface area (Å²) < 4.78 is 32.6. The Morgan fingerprint density at radius 1 is 0.957 bits per heavy atom. The predicted octanol–water partition coefficient (Wildman–Crippen LogP) is 3.85. The van der Waals surface area contributed by atoms with Crippen molar-refractivity contribution in [2.75, 3.05) is 0 Å². The molecule has 2 aromatic rings. The van der Waals surface area contributed by atoms with Crippen LogP contribution in [-0.4, -0.2) is 14.0 Å². The normalized spacial score (nSPS) is 13.9. The molecule has 0 aromatic heterocycles. The second-order valence-electron chi connectivity index (χ2n) is 6.31. The maximum atomic E-state index is 12.6. The summed E-state index contributed by atoms with van der Waals surface area (Å²) >= 11 is 0. The number of hydrogen-bond donors (Lipinski definition) is 1. The molecule has 0 fully saturated rings. The van der Waals surface area contributed by atoms with Crippen molar-refractivity contribution in [2.24, 2.45) is 3.77 Å². The lowest BCUT2D eigenvalue weighted by Crippen LogP contribution is -2.37. The minimum absolute atomic E-state index is 0.209. The third-order valence-corrected chi connectivity index (χ3v) is 6.63. The van der Waals surface area contributed by atoms with Crippen molar-refractivity contribution in [3.05, 3.63) is 60.2 Å². The molecule has 0 heterocycles. The highest BCUT2D eigenvalue weighted by atomic mass is 32.3. The van der Waals surface area contributed by atoms with Gasteiger partial charge in [-0.15, -0.1) is 3.77 Å². The Morgan fingerprint density at radius 3 is 2.04 bits per heavy atom. The molecule has 0 bridgehead atoms. The van der Waals surface area contributed by atoms with Crippen LogP contribution in [0.4, 0.5) is 0 Å². The Morgan fingerprint density at radius 2 is 1.52 bits per heavy atom. The number of rotatable bonds is 4. The van der Waals surface area contributed by atoms with Gasteiger partial charge in [0.05, 0.1) is 4.90 Å². The smallest absolute Gasteiger partial charge is 0.245 e. The summed E-state index contributed by atoms with van der Waals surface area (Å²) in [6.45, 7) is 7.97. The van der Waals surface area contributed by atoms with Gasteiger partial charge in [-0.1, -0.05) is 35.9 Å². The zero-order chi connectivity index (χ0) is 17.1. The lowest BCUT2D eigenvalue weighted by molar-refractivity contribution is 0.532. The minimum atomic E-state index is -3.72. The van der Waals surface area contributed by atoms with Crippen molar-refractivity contribution in [3.63, 3.8) is 0 Å². The molecule has 0 amide bonds. The highest BCUT2D eigenvalue weighted by Crippen LogP contribution is 2.18. The highest BCUT2D eigenvalue weighted by Gasteiger charge is 2.18. The zero-order valence-electron chi connectivity index (χ0n) is 13.8. The molecule has 1 atom stereocenters. The minimum Gasteiger partial charge on any atom is -0.245 e. The number of sulfonamides is 1. The zero-order valence-corrected chi connectivity index (χ0v) is 15.4. The van der Waals surface area contributed by atoms with E-state index in [1.165, 1.54) is 0 Å². The summed E-state index contributed by atoms with van der Waals surface area (Å²) in [5.74, 6) is 0. The molecule has 23 heavy (non-hydrogen) atoms. The van der Waals surface area contributed by atoms with E-state index >= 15 is 0 Å². The standard InChI is InChI=1S/C17H22N2O2S2/c1-14-10-12-15(13-11-14)22(18-17(2,3)4)19-23(20,21)16-8-6-5-7-9-16/h5-13H,1-4H3,(H,18,19)/t22-/m1/s1. The van der Waals surface area contributed by atoms with Gasteiger partial charge in [-0.3, -0.25) is 0 Å². The van der Waals surface area contributed by atoms with E-state index < -0.39 is 20.9 Å². The summed E-state index contributed by atoms with van der Waals surface area (Å²) in [5.41, 5.74) is 0.864. The molecule has 0 unspecified atom stereocenters. The second kappa shape index (κ2) is 6.95. The van der Waals surface area contributed by atoms with Crippen molar-refractivity contribution in [1.29, 1.82) is 0 Å². The Kier molecular flexibility index (Phi) is 5.39. The molecule has 0 radical (unpaired) electrons. The molecule has 124 valence electrons. The quantitative estimate of drug-likeness (QED) is 0.911. The summed E-state index contributed by atoms with van der Waals surface area (Å²) in [6, 6.07) is 16.1. The Balaban J connectivity index is 2.51. The van der Waals surface area contributed by atoms with E-state index in [-0.39, 0.29) is 10.4 Å². The van der Waals surface area contributed by atoms with Crippen LogP contribution in [0.15, 0.2) is 68.2 Å². The van der Waals surface area contributed by atoms with Crippen LogP contribution in [0.5, 0.6) is 0 Å². The van der Waals surface area contributed by atoms with Crippen LogP contribution >= 0.6 is 0 Å². The van der Waals surface area contributed by atoms with Crippen molar-refractivity contribution in [3.8, 4) is 0 Å². The second-order valence-corrected chi connectivity index (χ2v) is 9.58. The molecule has 0 saturated heterocycles. The van der Waals surface area contributed by atoms with Crippen LogP contribution in [0.25, 0.3) is 0 Å². The van der Waals surface area contributed by atoms with Gasteiger partial charge in [0.2, 0.25) is 0 Å². The van der Waals surface area contributed by atoms with Gasteiger partial charge >= 0.3 is 0 Å². The molecule has 4 nitrogen and oxygen atoms in total. The van der Waals surface area contributed by atoms with Gasteiger partial charge in [0.15, 0.2) is 0 Å². The molecular formula is C17H22N2O2S2. The first kappa shape index (κ1) is 17.8. The molecule has 0 saturated carbocycles. The summed E-state index contributed by atoms with van der Waals surface area (Å²) in [4.78, 5) is 1.06. The van der Waals surface area contributed by atoms with Crippen LogP contribution in [-0.2, 0) is 20.9 Å². The van der Waals surface area contributed by atoms with Crippen LogP contribution in [0, 0.1) is 6.92 Å². The first-order valence-electron chi connectivity index (χ1n) is 7.29. The maximum Gasteiger partial charge on any atom is 0.289 e. The number of hydrogen-bond acceptors (Lipinski definition) is 2. The monoisotopic (exact) mass is 350 g/mol. The lowest BCUT2D eigenvalue weighted by atomic mass is 10.1. The first-order valence-corrected chi connectivity index (χ1v) is 9.91. The third-order valence-electron chi connectivity index (χ3n) is 2.86. The molecular weight excluding hydrogens is 328 g/mol. The molecule has 1 N–H and O–H groups in total. The number of aryl methyl sites for hydroxylation is 1. The molecule has 0 spiro atoms. The van der Waals surface area contributed by atoms with Gasteiger partial charge in [-0.25, -0.2) is 4.72 Å². The lowest BCUT2D eigenvalue weighted by Gasteiger charge is -2.22. The SMILES string of the molecule is Cc1ccc([S@@](=NS(=O)(=O)c2ccccc2)NC(C)(C)C)cc1. The summed E-state index contributed by atoms with van der Waals surface area (Å²) in [6.07, 6.45) is 0. The average molecular weight is 351 g/mol. The largest absolute Gasteiger partial charge is 0.289 e. The van der Waals surface area contributed by atoms with Gasteiger partial charge in [0, 0.05) is 21.3 Å². The number of nitrogens with zero attached hydrogens (tertiary/aromatic N) is 1. The Labute approximate surface area is 141 Å². The average Bonchev–Trinajstić information content (AvgIpc) is 2.46. The van der Waals surface area contributed by atoms with E-state index in [4.69, 9.17) is 0 Å². The van der Waals surface area contributed by atoms with Crippen LogP contribution in [0.1, 0.15) is 26.3 Å². The molecule has 2 rings (SSSR count). The van der Waals surface area contributed by atoms with Gasteiger partial charge in [0.25, 0.3) is 10.0 Å². The molecule has 2 aromatic carbocycles. The fourth-order valence-corrected chi connectivity index (χ4v) is 5.03. The summed E-state index contributed by atoms with van der Waals surface area (Å²) in [5, 5.41) is 0. The molecule has 6 heteroatoms. The number of nitrogens with one attached hydrogen (secondary N) is 1. The topological polar surface area (TPSA) is 58.5 Å². The van der Waals surface area contributed by atoms with Gasteiger partial charge in [0.1, 0.15) is 0 Å².